The van der Waals surface area contributed by atoms with Crippen molar-refractivity contribution < 1.29 is 96.9 Å². The van der Waals surface area contributed by atoms with Crippen molar-refractivity contribution in [2.45, 2.75) is 35.8 Å². The van der Waals surface area contributed by atoms with Crippen molar-refractivity contribution in [1.82, 2.24) is 29.9 Å². The summed E-state index contributed by atoms with van der Waals surface area (Å²) in [4.78, 5) is 26.2. The maximum Gasteiger partial charge on any atom is 1.00 e. The third-order valence-corrected chi connectivity index (χ3v) is 8.78. The third-order valence-electron chi connectivity index (χ3n) is 6.89. The minimum absolute atomic E-state index is 0. The summed E-state index contributed by atoms with van der Waals surface area (Å²) in [5.41, 5.74) is 1.76. The first-order chi connectivity index (χ1) is 25.7. The van der Waals surface area contributed by atoms with Gasteiger partial charge in [0.1, 0.15) is 10.1 Å². The molecule has 56 heavy (non-hydrogen) atoms. The molecule has 0 spiro atoms. The second kappa shape index (κ2) is 22.4. The van der Waals surface area contributed by atoms with Gasteiger partial charge in [-0.05, 0) is 84.6 Å². The monoisotopic (exact) mass is 862 g/mol. The first-order valence-corrected chi connectivity index (χ1v) is 18.5. The van der Waals surface area contributed by atoms with Gasteiger partial charge in [0.05, 0.1) is 29.1 Å². The molecule has 0 bridgehead atoms. The van der Waals surface area contributed by atoms with E-state index >= 15 is 0 Å². The maximum absolute atomic E-state index is 12.4. The number of halogens is 2. The number of aliphatic hydroxyl groups is 2. The zero-order valence-corrected chi connectivity index (χ0v) is 37.3. The van der Waals surface area contributed by atoms with Gasteiger partial charge in [0, 0.05) is 35.0 Å². The number of nitrogens with zero attached hydrogens (tertiary/aromatic N) is 7. The molecule has 0 radical (unpaired) electrons. The number of rotatable bonds is 17. The fourth-order valence-corrected chi connectivity index (χ4v) is 6.32. The van der Waals surface area contributed by atoms with Gasteiger partial charge in [-0.1, -0.05) is 42.5 Å². The first-order valence-electron chi connectivity index (χ1n) is 15.6. The average molecular weight is 864 g/mol. The van der Waals surface area contributed by atoms with Gasteiger partial charge >= 0.3 is 59.1 Å². The molecule has 18 nitrogen and oxygen atoms in total. The summed E-state index contributed by atoms with van der Waals surface area (Å²) in [6.07, 6.45) is 1.29. The summed E-state index contributed by atoms with van der Waals surface area (Å²) in [6.45, 7) is 3.24. The van der Waals surface area contributed by atoms with E-state index in [1.807, 2.05) is 30.3 Å². The number of nitrogens with one attached hydrogen (secondary N) is 3. The topological polar surface area (TPSA) is 256 Å². The van der Waals surface area contributed by atoms with Crippen molar-refractivity contribution in [1.29, 1.82) is 0 Å². The molecule has 2 heterocycles. The summed E-state index contributed by atoms with van der Waals surface area (Å²) < 4.78 is 41.8. The van der Waals surface area contributed by atoms with Gasteiger partial charge in [-0.25, -0.2) is 8.42 Å². The number of hydrogen-bond acceptors (Lipinski definition) is 19. The summed E-state index contributed by atoms with van der Waals surface area (Å²) in [7, 11) is -5.02. The summed E-state index contributed by atoms with van der Waals surface area (Å²) >= 11 is 12.8. The quantitative estimate of drug-likeness (QED) is 0.0178. The van der Waals surface area contributed by atoms with Crippen molar-refractivity contribution in [3.8, 4) is 0 Å². The molecule has 0 amide bonds. The summed E-state index contributed by atoms with van der Waals surface area (Å²) in [6, 6.07) is 17.9. The van der Waals surface area contributed by atoms with E-state index in [1.165, 1.54) is 29.2 Å². The van der Waals surface area contributed by atoms with Gasteiger partial charge in [0.25, 0.3) is 0 Å². The Hall–Kier alpha value is -2.74. The molecule has 3 aromatic carbocycles. The van der Waals surface area contributed by atoms with Crippen LogP contribution in [-0.4, -0.2) is 78.4 Å². The first kappa shape index (κ1) is 47.6. The van der Waals surface area contributed by atoms with Crippen LogP contribution in [0.5, 0.6) is 0 Å². The van der Waals surface area contributed by atoms with E-state index < -0.39 is 27.2 Å². The van der Waals surface area contributed by atoms with Gasteiger partial charge in [0.2, 0.25) is 34.4 Å². The number of para-hydroxylation sites is 1. The van der Waals surface area contributed by atoms with Crippen molar-refractivity contribution in [3.05, 3.63) is 88.4 Å². The van der Waals surface area contributed by atoms with E-state index in [4.69, 9.17) is 23.2 Å². The molecule has 0 aliphatic carbocycles. The average Bonchev–Trinajstić information content (AvgIpc) is 3.09. The van der Waals surface area contributed by atoms with Crippen LogP contribution in [0.15, 0.2) is 76.5 Å². The largest absolute Gasteiger partial charge is 1.00 e. The predicted octanol–water partition coefficient (Wildman–Crippen LogP) is -1.52. The van der Waals surface area contributed by atoms with Crippen LogP contribution in [0.1, 0.15) is 25.0 Å². The van der Waals surface area contributed by atoms with Crippen LogP contribution in [0.4, 0.5) is 40.9 Å². The fourth-order valence-electron chi connectivity index (χ4n) is 4.80. The molecule has 0 aliphatic rings. The molecule has 0 saturated carbocycles. The molecule has 24 heteroatoms. The minimum Gasteiger partial charge on any atom is -0.744 e. The van der Waals surface area contributed by atoms with E-state index in [1.54, 1.807) is 32.0 Å². The van der Waals surface area contributed by atoms with Crippen LogP contribution in [-0.2, 0) is 19.5 Å². The molecular formula is C32H30Cl2N10Na2O8S2. The van der Waals surface area contributed by atoms with Gasteiger partial charge in [-0.3, -0.25) is 5.04 Å². The Morgan fingerprint density at radius 3 is 1.86 bits per heavy atom. The number of benzene rings is 3. The molecule has 2 aromatic heterocycles. The van der Waals surface area contributed by atoms with Crippen molar-refractivity contribution in [3.63, 3.8) is 0 Å². The standard InChI is InChI=1S/C32H32Cl2N10O8S2.2Na/c1-18(45)16-44(17-19(2)46)32-41-28(34)40-31(43-32)37-24-13-11-21(26(15-24)54(48,49)50)9-8-20-10-12-23(14-25(20)53-52-51-47)36-30-39-27(33)38-29(42-30)35-22-6-4-3-5-7-22;;/h3-15,18-19,45-47H,16-17H2,1-2H3,(H,48,49,50)(H,37,40,41,43)(H2,35,36,38,39,42);;/q;2*+1/p-2/b9-8+;;. The smallest absolute Gasteiger partial charge is 0.744 e. The second-order valence-electron chi connectivity index (χ2n) is 11.3. The van der Waals surface area contributed by atoms with Crippen LogP contribution in [0.25, 0.3) is 12.2 Å². The van der Waals surface area contributed by atoms with E-state index in [0.29, 0.717) is 28.2 Å². The summed E-state index contributed by atoms with van der Waals surface area (Å²) in [5.74, 6) is 0.224. The van der Waals surface area contributed by atoms with Crippen LogP contribution in [0.2, 0.25) is 10.6 Å². The summed E-state index contributed by atoms with van der Waals surface area (Å²) in [5, 5.41) is 42.6. The van der Waals surface area contributed by atoms with Crippen LogP contribution in [0, 0.1) is 0 Å². The molecular weight excluding hydrogens is 833 g/mol. The Morgan fingerprint density at radius 1 is 0.768 bits per heavy atom. The zero-order chi connectivity index (χ0) is 38.8. The Kier molecular flexibility index (Phi) is 19.1. The molecule has 5 N–H and O–H groups in total. The van der Waals surface area contributed by atoms with E-state index in [2.05, 4.69) is 55.2 Å². The Balaban J connectivity index is 0.00000420. The Morgan fingerprint density at radius 2 is 1.29 bits per heavy atom. The van der Waals surface area contributed by atoms with E-state index in [9.17, 15) is 28.4 Å². The SMILES string of the molecule is CC(O)CN(CC(C)O)c1nc(Cl)nc(Nc2ccc(/C=C/c3ccc(Nc4nc(Cl)nc(Nc5ccccc5)n4)cc3SOO[O-])c(S(=O)(=O)[O-])c2)n1.[Na+].[Na+]. The Labute approximate surface area is 379 Å². The molecule has 0 saturated heterocycles. The molecule has 5 aromatic rings. The van der Waals surface area contributed by atoms with Crippen molar-refractivity contribution in [2.75, 3.05) is 33.9 Å². The molecule has 0 fully saturated rings. The second-order valence-corrected chi connectivity index (χ2v) is 14.1. The number of aromatic nitrogens is 6. The van der Waals surface area contributed by atoms with Crippen LogP contribution in [0.3, 0.4) is 0 Å². The van der Waals surface area contributed by atoms with Gasteiger partial charge in [0.15, 0.2) is 0 Å². The van der Waals surface area contributed by atoms with Crippen molar-refractivity contribution >= 4 is 98.4 Å². The van der Waals surface area contributed by atoms with Crippen molar-refractivity contribution in [2.24, 2.45) is 0 Å². The van der Waals surface area contributed by atoms with Crippen LogP contribution < -0.4 is 85.2 Å². The van der Waals surface area contributed by atoms with Crippen LogP contribution >= 0.6 is 35.2 Å². The molecule has 5 rings (SSSR count). The number of anilines is 7. The van der Waals surface area contributed by atoms with Gasteiger partial charge < -0.3 is 40.9 Å². The zero-order valence-electron chi connectivity index (χ0n) is 30.1. The number of hydrogen-bond donors (Lipinski definition) is 5. The van der Waals surface area contributed by atoms with Gasteiger partial charge in [-0.2, -0.15) is 34.2 Å². The molecule has 2 atom stereocenters. The minimum atomic E-state index is -5.02. The normalized spacial score (nSPS) is 12.3. The molecule has 284 valence electrons. The predicted molar refractivity (Wildman–Crippen MR) is 199 cm³/mol. The molecule has 2 unspecified atom stereocenters. The van der Waals surface area contributed by atoms with E-state index in [0.717, 1.165) is 11.8 Å². The van der Waals surface area contributed by atoms with Gasteiger partial charge in [-0.15, -0.1) is 0 Å². The maximum atomic E-state index is 12.4. The fraction of sp³-hybridized carbons (Fsp3) is 0.188. The number of aliphatic hydroxyl groups excluding tert-OH is 2. The molecule has 0 aliphatic heterocycles. The Bertz CT molecular complexity index is 2210. The van der Waals surface area contributed by atoms with E-state index in [-0.39, 0.29) is 118 Å². The third kappa shape index (κ3) is 14.6.